The number of nitrogens with zero attached hydrogens (tertiary/aromatic N) is 1. The number of H-pyrrole nitrogens is 1. The number of benzene rings is 1. The maximum atomic E-state index is 6.12. The van der Waals surface area contributed by atoms with Gasteiger partial charge in [0.25, 0.3) is 0 Å². The van der Waals surface area contributed by atoms with Gasteiger partial charge in [-0.1, -0.05) is 59.7 Å². The Balaban J connectivity index is 2.06. The zero-order valence-corrected chi connectivity index (χ0v) is 14.5. The van der Waals surface area contributed by atoms with E-state index in [2.05, 4.69) is 22.2 Å². The predicted molar refractivity (Wildman–Crippen MR) is 91.0 cm³/mol. The summed E-state index contributed by atoms with van der Waals surface area (Å²) in [5.41, 5.74) is 1.52. The summed E-state index contributed by atoms with van der Waals surface area (Å²) in [6, 6.07) is 3.30. The first-order valence-electron chi connectivity index (χ1n) is 6.63. The van der Waals surface area contributed by atoms with E-state index >= 15 is 0 Å². The molecule has 0 spiro atoms. The van der Waals surface area contributed by atoms with Gasteiger partial charge in [-0.2, -0.15) is 0 Å². The lowest BCUT2D eigenvalue weighted by molar-refractivity contribution is 0.760. The minimum Gasteiger partial charge on any atom is -0.378 e. The lowest BCUT2D eigenvalue weighted by atomic mass is 10.2. The van der Waals surface area contributed by atoms with Gasteiger partial charge in [0.1, 0.15) is 5.82 Å². The lowest BCUT2D eigenvalue weighted by Gasteiger charge is -2.09. The molecule has 1 aromatic carbocycles. The van der Waals surface area contributed by atoms with Crippen LogP contribution in [0.5, 0.6) is 0 Å². The van der Waals surface area contributed by atoms with Gasteiger partial charge in [0.15, 0.2) is 5.15 Å². The number of aromatic amines is 1. The molecular formula is C14H15Cl4N3. The molecule has 1 heterocycles. The molecule has 0 radical (unpaired) electrons. The number of halogens is 4. The van der Waals surface area contributed by atoms with Crippen LogP contribution in [0.3, 0.4) is 0 Å². The number of rotatable bonds is 6. The van der Waals surface area contributed by atoms with E-state index in [0.29, 0.717) is 32.5 Å². The van der Waals surface area contributed by atoms with Gasteiger partial charge in [0.05, 0.1) is 33.0 Å². The predicted octanol–water partition coefficient (Wildman–Crippen LogP) is 5.98. The maximum absolute atomic E-state index is 6.12. The molecule has 0 atom stereocenters. The molecule has 0 saturated carbocycles. The quantitative estimate of drug-likeness (QED) is 0.617. The van der Waals surface area contributed by atoms with E-state index in [1.807, 2.05) is 0 Å². The largest absolute Gasteiger partial charge is 0.378 e. The topological polar surface area (TPSA) is 40.7 Å². The van der Waals surface area contributed by atoms with Crippen LogP contribution in [0.1, 0.15) is 31.3 Å². The van der Waals surface area contributed by atoms with Crippen LogP contribution >= 0.6 is 46.4 Å². The van der Waals surface area contributed by atoms with E-state index in [1.165, 1.54) is 0 Å². The van der Waals surface area contributed by atoms with Gasteiger partial charge in [-0.15, -0.1) is 0 Å². The van der Waals surface area contributed by atoms with E-state index < -0.39 is 0 Å². The Morgan fingerprint density at radius 2 is 1.81 bits per heavy atom. The molecule has 21 heavy (non-hydrogen) atoms. The lowest BCUT2D eigenvalue weighted by Crippen LogP contribution is -2.01. The highest BCUT2D eigenvalue weighted by molar-refractivity contribution is 6.44. The van der Waals surface area contributed by atoms with E-state index in [-0.39, 0.29) is 0 Å². The molecule has 2 rings (SSSR count). The SMILES string of the molecule is CCCCc1nc(Cl)c(CNc2cc(Cl)c(Cl)cc2Cl)[nH]1. The maximum Gasteiger partial charge on any atom is 0.152 e. The van der Waals surface area contributed by atoms with E-state index in [0.717, 1.165) is 30.8 Å². The van der Waals surface area contributed by atoms with Gasteiger partial charge in [-0.3, -0.25) is 0 Å². The summed E-state index contributed by atoms with van der Waals surface area (Å²) >= 11 is 24.1. The summed E-state index contributed by atoms with van der Waals surface area (Å²) in [4.78, 5) is 7.53. The summed E-state index contributed by atoms with van der Waals surface area (Å²) in [6.07, 6.45) is 3.09. The smallest absolute Gasteiger partial charge is 0.152 e. The summed E-state index contributed by atoms with van der Waals surface area (Å²) in [7, 11) is 0. The molecule has 0 bridgehead atoms. The van der Waals surface area contributed by atoms with Crippen LogP contribution in [0.2, 0.25) is 20.2 Å². The molecule has 0 fully saturated rings. The molecule has 1 aromatic heterocycles. The molecule has 0 aliphatic carbocycles. The third-order valence-electron chi connectivity index (χ3n) is 3.01. The second-order valence-corrected chi connectivity index (χ2v) is 6.24. The van der Waals surface area contributed by atoms with Crippen LogP contribution in [0.25, 0.3) is 0 Å². The monoisotopic (exact) mass is 365 g/mol. The summed E-state index contributed by atoms with van der Waals surface area (Å²) in [6.45, 7) is 2.62. The second-order valence-electron chi connectivity index (χ2n) is 4.66. The van der Waals surface area contributed by atoms with Gasteiger partial charge >= 0.3 is 0 Å². The van der Waals surface area contributed by atoms with Crippen molar-refractivity contribution in [2.75, 3.05) is 5.32 Å². The molecule has 0 amide bonds. The molecule has 0 aliphatic heterocycles. The molecule has 114 valence electrons. The zero-order valence-electron chi connectivity index (χ0n) is 11.4. The Kier molecular flexibility index (Phi) is 6.06. The van der Waals surface area contributed by atoms with Gasteiger partial charge < -0.3 is 10.3 Å². The average Bonchev–Trinajstić information content (AvgIpc) is 2.79. The Hall–Kier alpha value is -0.610. The molecule has 3 nitrogen and oxygen atoms in total. The molecule has 0 aliphatic rings. The fourth-order valence-electron chi connectivity index (χ4n) is 1.86. The van der Waals surface area contributed by atoms with Crippen molar-refractivity contribution in [3.8, 4) is 0 Å². The highest BCUT2D eigenvalue weighted by Crippen LogP contribution is 2.32. The number of anilines is 1. The van der Waals surface area contributed by atoms with Crippen molar-refractivity contribution >= 4 is 52.1 Å². The minimum atomic E-state index is 0.425. The molecule has 0 saturated heterocycles. The van der Waals surface area contributed by atoms with Crippen molar-refractivity contribution < 1.29 is 0 Å². The summed E-state index contributed by atoms with van der Waals surface area (Å²) in [5.74, 6) is 0.902. The van der Waals surface area contributed by atoms with E-state index in [4.69, 9.17) is 46.4 Å². The van der Waals surface area contributed by atoms with Crippen LogP contribution in [-0.2, 0) is 13.0 Å². The standard InChI is InChI=1S/C14H15Cl4N3/c1-2-3-4-13-20-12(14(18)21-13)7-19-11-6-9(16)8(15)5-10(11)17/h5-6,19H,2-4,7H2,1H3,(H,20,21). The Labute approximate surface area is 144 Å². The van der Waals surface area contributed by atoms with Gasteiger partial charge in [-0.25, -0.2) is 4.98 Å². The Bertz CT molecular complexity index is 625. The van der Waals surface area contributed by atoms with Gasteiger partial charge in [0.2, 0.25) is 0 Å². The zero-order chi connectivity index (χ0) is 15.4. The van der Waals surface area contributed by atoms with Crippen molar-refractivity contribution in [3.63, 3.8) is 0 Å². The van der Waals surface area contributed by atoms with Gasteiger partial charge in [-0.05, 0) is 18.6 Å². The van der Waals surface area contributed by atoms with Crippen molar-refractivity contribution in [3.05, 3.63) is 43.9 Å². The number of unbranched alkanes of at least 4 members (excludes halogenated alkanes) is 1. The highest BCUT2D eigenvalue weighted by Gasteiger charge is 2.10. The summed E-state index contributed by atoms with van der Waals surface area (Å²) < 4.78 is 0. The molecule has 2 aromatic rings. The highest BCUT2D eigenvalue weighted by atomic mass is 35.5. The fraction of sp³-hybridized carbons (Fsp3) is 0.357. The number of imidazole rings is 1. The number of hydrogen-bond acceptors (Lipinski definition) is 2. The van der Waals surface area contributed by atoms with Gasteiger partial charge in [0, 0.05) is 6.42 Å². The first kappa shape index (κ1) is 16.8. The average molecular weight is 367 g/mol. The Morgan fingerprint density at radius 3 is 2.52 bits per heavy atom. The first-order valence-corrected chi connectivity index (χ1v) is 8.14. The molecule has 0 unspecified atom stereocenters. The number of aryl methyl sites for hydroxylation is 1. The number of hydrogen-bond donors (Lipinski definition) is 2. The summed E-state index contributed by atoms with van der Waals surface area (Å²) in [5, 5.41) is 5.03. The van der Waals surface area contributed by atoms with Crippen LogP contribution in [0.15, 0.2) is 12.1 Å². The van der Waals surface area contributed by atoms with Crippen molar-refractivity contribution in [1.29, 1.82) is 0 Å². The van der Waals surface area contributed by atoms with Crippen LogP contribution in [0, 0.1) is 0 Å². The Morgan fingerprint density at radius 1 is 1.10 bits per heavy atom. The number of nitrogens with one attached hydrogen (secondary N) is 2. The minimum absolute atomic E-state index is 0.425. The first-order chi connectivity index (χ1) is 10.0. The van der Waals surface area contributed by atoms with E-state index in [1.54, 1.807) is 12.1 Å². The number of aromatic nitrogens is 2. The molecular weight excluding hydrogens is 352 g/mol. The van der Waals surface area contributed by atoms with Crippen molar-refractivity contribution in [2.24, 2.45) is 0 Å². The molecule has 2 N–H and O–H groups in total. The van der Waals surface area contributed by atoms with Crippen molar-refractivity contribution in [1.82, 2.24) is 9.97 Å². The molecule has 7 heteroatoms. The third kappa shape index (κ3) is 4.43. The fourth-order valence-corrected chi connectivity index (χ4v) is 2.69. The normalized spacial score (nSPS) is 10.9. The van der Waals surface area contributed by atoms with Crippen LogP contribution in [-0.4, -0.2) is 9.97 Å². The van der Waals surface area contributed by atoms with Crippen LogP contribution < -0.4 is 5.32 Å². The second kappa shape index (κ2) is 7.59. The van der Waals surface area contributed by atoms with Crippen LogP contribution in [0.4, 0.5) is 5.69 Å². The third-order valence-corrected chi connectivity index (χ3v) is 4.36. The van der Waals surface area contributed by atoms with Crippen molar-refractivity contribution in [2.45, 2.75) is 32.7 Å². The van der Waals surface area contributed by atoms with E-state index in [9.17, 15) is 0 Å².